The fourth-order valence-electron chi connectivity index (χ4n) is 4.50. The number of fused-ring (bicyclic) bond motifs is 2. The fraction of sp³-hybridized carbons (Fsp3) is 0.375. The molecule has 0 spiro atoms. The SMILES string of the molecule is C#Cc1ccc2cc(S(=O)(=O)N3CCN(C(=O)c4nc5c(s4)CN(C)CC5)C(C(=O)NC)C3)sc2c1. The number of terminal acetylenes is 1. The first kappa shape index (κ1) is 24.9. The lowest BCUT2D eigenvalue weighted by atomic mass is 10.1. The number of likely N-dealkylation sites (N-methyl/N-ethyl adjacent to an activating group) is 2. The van der Waals surface area contributed by atoms with Crippen molar-refractivity contribution in [1.82, 2.24) is 24.4 Å². The van der Waals surface area contributed by atoms with Gasteiger partial charge in [-0.25, -0.2) is 13.4 Å². The highest BCUT2D eigenvalue weighted by Crippen LogP contribution is 2.33. The molecule has 0 saturated carbocycles. The largest absolute Gasteiger partial charge is 0.357 e. The molecule has 0 bridgehead atoms. The van der Waals surface area contributed by atoms with Gasteiger partial charge in [0, 0.05) is 61.3 Å². The normalized spacial score (nSPS) is 19.1. The van der Waals surface area contributed by atoms with Crippen molar-refractivity contribution >= 4 is 54.6 Å². The topological polar surface area (TPSA) is 103 Å². The Balaban J connectivity index is 1.40. The van der Waals surface area contributed by atoms with E-state index in [1.165, 1.54) is 27.6 Å². The van der Waals surface area contributed by atoms with Crippen LogP contribution in [0.15, 0.2) is 28.5 Å². The van der Waals surface area contributed by atoms with Crippen molar-refractivity contribution < 1.29 is 18.0 Å². The van der Waals surface area contributed by atoms with E-state index in [0.29, 0.717) is 10.6 Å². The van der Waals surface area contributed by atoms with Gasteiger partial charge >= 0.3 is 0 Å². The molecule has 2 aromatic heterocycles. The summed E-state index contributed by atoms with van der Waals surface area (Å²) in [6.07, 6.45) is 6.25. The van der Waals surface area contributed by atoms with Crippen LogP contribution in [-0.4, -0.2) is 85.6 Å². The Hall–Kier alpha value is -2.82. The second kappa shape index (κ2) is 9.57. The van der Waals surface area contributed by atoms with E-state index in [1.54, 1.807) is 24.3 Å². The van der Waals surface area contributed by atoms with E-state index >= 15 is 0 Å². The lowest BCUT2D eigenvalue weighted by Crippen LogP contribution is -2.61. The first-order chi connectivity index (χ1) is 17.2. The zero-order valence-corrected chi connectivity index (χ0v) is 22.3. The molecule has 188 valence electrons. The molecular weight excluding hydrogens is 518 g/mol. The molecule has 2 amide bonds. The zero-order chi connectivity index (χ0) is 25.6. The number of sulfonamides is 1. The summed E-state index contributed by atoms with van der Waals surface area (Å²) in [5.74, 6) is 1.80. The Morgan fingerprint density at radius 3 is 2.75 bits per heavy atom. The summed E-state index contributed by atoms with van der Waals surface area (Å²) in [6.45, 7) is 1.66. The number of piperazine rings is 1. The van der Waals surface area contributed by atoms with Gasteiger partial charge in [0.2, 0.25) is 5.91 Å². The third kappa shape index (κ3) is 4.42. The van der Waals surface area contributed by atoms with Crippen molar-refractivity contribution in [2.24, 2.45) is 0 Å². The van der Waals surface area contributed by atoms with Crippen molar-refractivity contribution in [3.8, 4) is 12.3 Å². The molecule has 3 aromatic rings. The molecule has 9 nitrogen and oxygen atoms in total. The number of benzene rings is 1. The highest BCUT2D eigenvalue weighted by Gasteiger charge is 2.41. The minimum atomic E-state index is -3.88. The number of hydrogen-bond acceptors (Lipinski definition) is 8. The number of hydrogen-bond donors (Lipinski definition) is 1. The second-order valence-electron chi connectivity index (χ2n) is 8.83. The minimum absolute atomic E-state index is 0.0826. The van der Waals surface area contributed by atoms with Crippen LogP contribution < -0.4 is 5.32 Å². The number of nitrogens with one attached hydrogen (secondary N) is 1. The summed E-state index contributed by atoms with van der Waals surface area (Å²) in [4.78, 5) is 35.5. The van der Waals surface area contributed by atoms with Gasteiger partial charge in [-0.05, 0) is 30.6 Å². The summed E-state index contributed by atoms with van der Waals surface area (Å²) < 4.78 is 29.3. The molecule has 1 fully saturated rings. The van der Waals surface area contributed by atoms with Crippen molar-refractivity contribution in [2.45, 2.75) is 23.2 Å². The van der Waals surface area contributed by atoms with Crippen LogP contribution in [0.25, 0.3) is 10.1 Å². The zero-order valence-electron chi connectivity index (χ0n) is 19.9. The molecular formula is C24H25N5O4S3. The molecule has 4 heterocycles. The molecule has 1 unspecified atom stereocenters. The average molecular weight is 544 g/mol. The van der Waals surface area contributed by atoms with Gasteiger partial charge < -0.3 is 15.1 Å². The maximum Gasteiger partial charge on any atom is 0.283 e. The monoisotopic (exact) mass is 543 g/mol. The van der Waals surface area contributed by atoms with Gasteiger partial charge in [0.15, 0.2) is 5.01 Å². The van der Waals surface area contributed by atoms with E-state index < -0.39 is 22.0 Å². The third-order valence-corrected chi connectivity index (χ3v) is 11.0. The molecule has 36 heavy (non-hydrogen) atoms. The number of carbonyl (C=O) groups excluding carboxylic acids is 2. The number of thiazole rings is 1. The molecule has 12 heteroatoms. The van der Waals surface area contributed by atoms with Gasteiger partial charge in [0.1, 0.15) is 10.3 Å². The maximum absolute atomic E-state index is 13.5. The quantitative estimate of drug-likeness (QED) is 0.502. The highest BCUT2D eigenvalue weighted by atomic mass is 32.2. The van der Waals surface area contributed by atoms with Gasteiger partial charge in [-0.1, -0.05) is 12.0 Å². The molecule has 2 aliphatic heterocycles. The lowest BCUT2D eigenvalue weighted by Gasteiger charge is -2.39. The van der Waals surface area contributed by atoms with E-state index in [0.717, 1.165) is 51.5 Å². The van der Waals surface area contributed by atoms with Crippen LogP contribution >= 0.6 is 22.7 Å². The van der Waals surface area contributed by atoms with Gasteiger partial charge in [-0.2, -0.15) is 4.31 Å². The molecule has 2 aliphatic rings. The van der Waals surface area contributed by atoms with E-state index in [4.69, 9.17) is 6.42 Å². The first-order valence-electron chi connectivity index (χ1n) is 11.4. The molecule has 1 aromatic carbocycles. The van der Waals surface area contributed by atoms with Crippen molar-refractivity contribution in [1.29, 1.82) is 0 Å². The molecule has 0 radical (unpaired) electrons. The summed E-state index contributed by atoms with van der Waals surface area (Å²) in [7, 11) is -0.375. The van der Waals surface area contributed by atoms with Gasteiger partial charge in [0.25, 0.3) is 15.9 Å². The Kier molecular flexibility index (Phi) is 6.61. The van der Waals surface area contributed by atoms with Crippen molar-refractivity contribution in [3.63, 3.8) is 0 Å². The summed E-state index contributed by atoms with van der Waals surface area (Å²) in [6, 6.07) is 6.02. The Morgan fingerprint density at radius 1 is 1.19 bits per heavy atom. The summed E-state index contributed by atoms with van der Waals surface area (Å²) >= 11 is 2.49. The van der Waals surface area contributed by atoms with E-state index in [1.807, 2.05) is 7.05 Å². The van der Waals surface area contributed by atoms with Crippen LogP contribution in [0.5, 0.6) is 0 Å². The van der Waals surface area contributed by atoms with Crippen molar-refractivity contribution in [2.75, 3.05) is 40.3 Å². The molecule has 1 saturated heterocycles. The summed E-state index contributed by atoms with van der Waals surface area (Å²) in [5.41, 5.74) is 1.60. The van der Waals surface area contributed by atoms with Crippen LogP contribution in [0.1, 0.15) is 25.9 Å². The molecule has 0 aliphatic carbocycles. The Labute approximate surface area is 217 Å². The number of rotatable bonds is 4. The van der Waals surface area contributed by atoms with Crippen LogP contribution in [0.2, 0.25) is 0 Å². The Bertz CT molecular complexity index is 1500. The minimum Gasteiger partial charge on any atom is -0.357 e. The van der Waals surface area contributed by atoms with Crippen LogP contribution in [0.3, 0.4) is 0 Å². The van der Waals surface area contributed by atoms with Gasteiger partial charge in [0.05, 0.1) is 5.69 Å². The predicted molar refractivity (Wildman–Crippen MR) is 140 cm³/mol. The first-order valence-corrected chi connectivity index (χ1v) is 14.5. The molecule has 1 N–H and O–H groups in total. The smallest absolute Gasteiger partial charge is 0.283 e. The number of nitrogens with zero attached hydrogens (tertiary/aromatic N) is 4. The Morgan fingerprint density at radius 2 is 2.00 bits per heavy atom. The average Bonchev–Trinajstić information content (AvgIpc) is 3.51. The highest BCUT2D eigenvalue weighted by molar-refractivity contribution is 7.91. The number of carbonyl (C=O) groups is 2. The van der Waals surface area contributed by atoms with E-state index in [9.17, 15) is 18.0 Å². The standard InChI is InChI=1S/C24H25N5O4S3/c1-4-15-5-6-16-12-21(34-19(16)11-15)36(32,33)28-9-10-29(18(13-28)22(30)25-2)24(31)23-26-17-7-8-27(3)14-20(17)35-23/h1,5-6,11-12,18H,7-10,13-14H2,2-3H3,(H,25,30). The third-order valence-electron chi connectivity index (χ3n) is 6.52. The van der Waals surface area contributed by atoms with E-state index in [-0.39, 0.29) is 29.8 Å². The summed E-state index contributed by atoms with van der Waals surface area (Å²) in [5, 5.41) is 3.70. The predicted octanol–water partition coefficient (Wildman–Crippen LogP) is 1.59. The van der Waals surface area contributed by atoms with Gasteiger partial charge in [-0.15, -0.1) is 29.1 Å². The van der Waals surface area contributed by atoms with Crippen molar-refractivity contribution in [3.05, 3.63) is 45.4 Å². The molecule has 1 atom stereocenters. The maximum atomic E-state index is 13.5. The van der Waals surface area contributed by atoms with Crippen LogP contribution in [0, 0.1) is 12.3 Å². The lowest BCUT2D eigenvalue weighted by molar-refractivity contribution is -0.126. The van der Waals surface area contributed by atoms with E-state index in [2.05, 4.69) is 21.1 Å². The fourth-order valence-corrected chi connectivity index (χ4v) is 8.67. The van der Waals surface area contributed by atoms with Crippen LogP contribution in [0.4, 0.5) is 0 Å². The van der Waals surface area contributed by atoms with Gasteiger partial charge in [-0.3, -0.25) is 9.59 Å². The number of thiophene rings is 1. The number of aromatic nitrogens is 1. The van der Waals surface area contributed by atoms with Crippen LogP contribution in [-0.2, 0) is 27.8 Å². The number of amides is 2. The second-order valence-corrected chi connectivity index (χ2v) is 13.2. The molecule has 5 rings (SSSR count).